The van der Waals surface area contributed by atoms with Crippen molar-refractivity contribution in [3.05, 3.63) is 199 Å². The summed E-state index contributed by atoms with van der Waals surface area (Å²) in [6.07, 6.45) is 5.57. The van der Waals surface area contributed by atoms with Gasteiger partial charge in [0.25, 0.3) is 0 Å². The Morgan fingerprint density at radius 1 is 0.464 bits per heavy atom. The SMILES string of the molecule is C1=CC(c2ccc3c(c2)oc2ccc(-c4nc(-c5ccccc5)nc(-c5ccc(-c6ccccc6)cc5)n4)cc23)Cc2c1n(-c1ccccc1)c1ccccc21. The maximum Gasteiger partial charge on any atom is 0.164 e. The second-order valence-corrected chi connectivity index (χ2v) is 14.4. The van der Waals surface area contributed by atoms with Gasteiger partial charge in [-0.25, -0.2) is 15.0 Å². The van der Waals surface area contributed by atoms with E-state index in [0.717, 1.165) is 50.6 Å². The highest BCUT2D eigenvalue weighted by atomic mass is 16.3. The molecule has 10 aromatic rings. The minimum atomic E-state index is 0.229. The summed E-state index contributed by atoms with van der Waals surface area (Å²) in [5, 5.41) is 3.41. The molecule has 1 aliphatic rings. The summed E-state index contributed by atoms with van der Waals surface area (Å²) < 4.78 is 8.92. The average molecular weight is 719 g/mol. The van der Waals surface area contributed by atoms with Gasteiger partial charge < -0.3 is 8.98 Å². The first-order valence-corrected chi connectivity index (χ1v) is 19.0. The van der Waals surface area contributed by atoms with Crippen molar-refractivity contribution in [3.8, 4) is 51.0 Å². The van der Waals surface area contributed by atoms with Crippen LogP contribution in [0.4, 0.5) is 0 Å². The van der Waals surface area contributed by atoms with E-state index in [1.54, 1.807) is 0 Å². The van der Waals surface area contributed by atoms with Gasteiger partial charge in [-0.2, -0.15) is 0 Å². The van der Waals surface area contributed by atoms with Gasteiger partial charge in [0.05, 0.1) is 5.52 Å². The molecule has 0 saturated heterocycles. The molecule has 11 rings (SSSR count). The second-order valence-electron chi connectivity index (χ2n) is 14.4. The van der Waals surface area contributed by atoms with Crippen molar-refractivity contribution in [2.75, 3.05) is 0 Å². The standard InChI is InChI=1S/C51H34N4O/c1-4-12-33(13-5-1)34-20-22-36(23-21-34)50-52-49(35-14-6-2-7-15-35)53-51(54-50)39-26-29-47-44(31-39)42-27-24-38(32-48(42)56-47)37-25-28-46-43(30-37)41-18-10-11-19-45(41)55(46)40-16-8-3-9-17-40/h1-29,31-32,37H,30H2. The summed E-state index contributed by atoms with van der Waals surface area (Å²) in [6.45, 7) is 0. The zero-order chi connectivity index (χ0) is 37.0. The predicted octanol–water partition coefficient (Wildman–Crippen LogP) is 12.7. The van der Waals surface area contributed by atoms with Gasteiger partial charge in [0.1, 0.15) is 11.2 Å². The van der Waals surface area contributed by atoms with Crippen molar-refractivity contribution in [3.63, 3.8) is 0 Å². The smallest absolute Gasteiger partial charge is 0.164 e. The Bertz CT molecular complexity index is 3090. The molecule has 5 nitrogen and oxygen atoms in total. The van der Waals surface area contributed by atoms with Crippen LogP contribution in [0.2, 0.25) is 0 Å². The molecule has 5 heteroatoms. The van der Waals surface area contributed by atoms with E-state index in [4.69, 9.17) is 19.4 Å². The Kier molecular flexibility index (Phi) is 7.56. The number of para-hydroxylation sites is 2. The molecular weight excluding hydrogens is 685 g/mol. The Balaban J connectivity index is 0.955. The summed E-state index contributed by atoms with van der Waals surface area (Å²) in [7, 11) is 0. The van der Waals surface area contributed by atoms with E-state index in [9.17, 15) is 0 Å². The summed E-state index contributed by atoms with van der Waals surface area (Å²) in [4.78, 5) is 15.0. The van der Waals surface area contributed by atoms with Crippen LogP contribution < -0.4 is 0 Å². The lowest BCUT2D eigenvalue weighted by Gasteiger charge is -2.19. The molecule has 1 atom stereocenters. The average Bonchev–Trinajstić information content (AvgIpc) is 3.82. The lowest BCUT2D eigenvalue weighted by Crippen LogP contribution is -2.07. The van der Waals surface area contributed by atoms with E-state index in [-0.39, 0.29) is 5.92 Å². The summed E-state index contributed by atoms with van der Waals surface area (Å²) in [5.74, 6) is 2.11. The van der Waals surface area contributed by atoms with E-state index in [2.05, 4.69) is 144 Å². The molecule has 7 aromatic carbocycles. The van der Waals surface area contributed by atoms with E-state index in [0.29, 0.717) is 17.5 Å². The van der Waals surface area contributed by atoms with Gasteiger partial charge in [-0.15, -0.1) is 0 Å². The molecule has 0 amide bonds. The van der Waals surface area contributed by atoms with Crippen LogP contribution in [0.3, 0.4) is 0 Å². The minimum Gasteiger partial charge on any atom is -0.456 e. The van der Waals surface area contributed by atoms with Crippen molar-refractivity contribution in [1.82, 2.24) is 19.5 Å². The number of allylic oxidation sites excluding steroid dienone is 1. The van der Waals surface area contributed by atoms with Crippen molar-refractivity contribution < 1.29 is 4.42 Å². The van der Waals surface area contributed by atoms with Crippen LogP contribution in [-0.4, -0.2) is 19.5 Å². The van der Waals surface area contributed by atoms with E-state index in [1.807, 2.05) is 48.5 Å². The van der Waals surface area contributed by atoms with Crippen LogP contribution in [0.25, 0.3) is 89.9 Å². The molecule has 0 N–H and O–H groups in total. The Hall–Kier alpha value is -7.37. The highest BCUT2D eigenvalue weighted by Gasteiger charge is 2.24. The maximum absolute atomic E-state index is 6.53. The molecular formula is C51H34N4O. The predicted molar refractivity (Wildman–Crippen MR) is 228 cm³/mol. The number of rotatable bonds is 6. The minimum absolute atomic E-state index is 0.229. The fraction of sp³-hybridized carbons (Fsp3) is 0.0392. The summed E-state index contributed by atoms with van der Waals surface area (Å²) >= 11 is 0. The van der Waals surface area contributed by atoms with E-state index < -0.39 is 0 Å². The van der Waals surface area contributed by atoms with Crippen LogP contribution >= 0.6 is 0 Å². The number of nitrogens with zero attached hydrogens (tertiary/aromatic N) is 4. The van der Waals surface area contributed by atoms with Crippen LogP contribution in [-0.2, 0) is 6.42 Å². The highest BCUT2D eigenvalue weighted by Crippen LogP contribution is 2.40. The first kappa shape index (κ1) is 32.1. The van der Waals surface area contributed by atoms with Gasteiger partial charge in [0, 0.05) is 50.1 Å². The van der Waals surface area contributed by atoms with Crippen molar-refractivity contribution in [2.45, 2.75) is 12.3 Å². The van der Waals surface area contributed by atoms with Gasteiger partial charge in [-0.05, 0) is 77.2 Å². The van der Waals surface area contributed by atoms with Gasteiger partial charge in [0.15, 0.2) is 17.5 Å². The van der Waals surface area contributed by atoms with Crippen molar-refractivity contribution >= 4 is 38.9 Å². The number of fused-ring (bicyclic) bond motifs is 6. The molecule has 0 fully saturated rings. The number of benzene rings is 7. The van der Waals surface area contributed by atoms with Crippen LogP contribution in [0, 0.1) is 0 Å². The molecule has 56 heavy (non-hydrogen) atoms. The van der Waals surface area contributed by atoms with Gasteiger partial charge in [-0.1, -0.05) is 140 Å². The largest absolute Gasteiger partial charge is 0.456 e. The Labute approximate surface area is 323 Å². The monoisotopic (exact) mass is 718 g/mol. The van der Waals surface area contributed by atoms with E-state index >= 15 is 0 Å². The van der Waals surface area contributed by atoms with Gasteiger partial charge in [0.2, 0.25) is 0 Å². The fourth-order valence-electron chi connectivity index (χ4n) is 8.25. The molecule has 3 heterocycles. The van der Waals surface area contributed by atoms with E-state index in [1.165, 1.54) is 39.0 Å². The zero-order valence-electron chi connectivity index (χ0n) is 30.4. The Morgan fingerprint density at radius 3 is 1.80 bits per heavy atom. The molecule has 1 unspecified atom stereocenters. The third kappa shape index (κ3) is 5.52. The third-order valence-corrected chi connectivity index (χ3v) is 11.0. The number of hydrogen-bond donors (Lipinski definition) is 0. The topological polar surface area (TPSA) is 56.7 Å². The van der Waals surface area contributed by atoms with Crippen LogP contribution in [0.1, 0.15) is 22.7 Å². The lowest BCUT2D eigenvalue weighted by atomic mass is 9.86. The normalized spacial score (nSPS) is 13.8. The molecule has 0 bridgehead atoms. The summed E-state index contributed by atoms with van der Waals surface area (Å²) in [6, 6.07) is 61.2. The molecule has 0 aliphatic heterocycles. The first-order valence-electron chi connectivity index (χ1n) is 19.0. The van der Waals surface area contributed by atoms with Crippen molar-refractivity contribution in [1.29, 1.82) is 0 Å². The molecule has 0 radical (unpaired) electrons. The van der Waals surface area contributed by atoms with Gasteiger partial charge >= 0.3 is 0 Å². The van der Waals surface area contributed by atoms with Crippen LogP contribution in [0.15, 0.2) is 186 Å². The zero-order valence-corrected chi connectivity index (χ0v) is 30.4. The molecule has 0 spiro atoms. The maximum atomic E-state index is 6.53. The number of furan rings is 1. The molecule has 0 saturated carbocycles. The third-order valence-electron chi connectivity index (χ3n) is 11.0. The molecule has 3 aromatic heterocycles. The fourth-order valence-corrected chi connectivity index (χ4v) is 8.25. The van der Waals surface area contributed by atoms with Gasteiger partial charge in [-0.3, -0.25) is 0 Å². The second kappa shape index (κ2) is 13.2. The number of aromatic nitrogens is 4. The summed E-state index contributed by atoms with van der Waals surface area (Å²) in [5.41, 5.74) is 13.1. The first-order chi connectivity index (χ1) is 27.7. The quantitative estimate of drug-likeness (QED) is 0.172. The molecule has 1 aliphatic carbocycles. The highest BCUT2D eigenvalue weighted by molar-refractivity contribution is 6.06. The molecule has 264 valence electrons. The van der Waals surface area contributed by atoms with Crippen molar-refractivity contribution in [2.24, 2.45) is 0 Å². The Morgan fingerprint density at radius 2 is 1.05 bits per heavy atom. The van der Waals surface area contributed by atoms with Crippen LogP contribution in [0.5, 0.6) is 0 Å². The lowest BCUT2D eigenvalue weighted by molar-refractivity contribution is 0.667. The number of hydrogen-bond acceptors (Lipinski definition) is 4.